The van der Waals surface area contributed by atoms with Crippen LogP contribution in [0.25, 0.3) is 6.08 Å². The summed E-state index contributed by atoms with van der Waals surface area (Å²) in [4.78, 5) is 44.3. The summed E-state index contributed by atoms with van der Waals surface area (Å²) in [6, 6.07) is 33.8. The Labute approximate surface area is 261 Å². The van der Waals surface area contributed by atoms with E-state index < -0.39 is 5.91 Å². The van der Waals surface area contributed by atoms with Crippen molar-refractivity contribution in [1.82, 2.24) is 5.32 Å². The van der Waals surface area contributed by atoms with Gasteiger partial charge in [-0.3, -0.25) is 19.3 Å². The smallest absolute Gasteiger partial charge is 0.272 e. The molecule has 3 amide bonds. The van der Waals surface area contributed by atoms with Crippen molar-refractivity contribution in [3.8, 4) is 0 Å². The standard InChI is InChI=1S/C34H25N3O3S3/c38-32(37-28-10-4-6-12-30(28)43-31-13-7-5-11-29(31)37)22-42-26-16-14-25(15-17-26)35-34(40)27(20-23-18-19-41-21-23)36-33(39)24-8-2-1-3-9-24/h1-21H,22H2,(H,35,40)(H,36,39)/b27-20-. The molecule has 6 nitrogen and oxygen atoms in total. The van der Waals surface area contributed by atoms with Crippen LogP contribution in [0, 0.1) is 0 Å². The number of amides is 3. The summed E-state index contributed by atoms with van der Waals surface area (Å²) >= 11 is 4.61. The van der Waals surface area contributed by atoms with Crippen LogP contribution in [0.4, 0.5) is 17.1 Å². The summed E-state index contributed by atoms with van der Waals surface area (Å²) in [7, 11) is 0. The summed E-state index contributed by atoms with van der Waals surface area (Å²) in [5.41, 5.74) is 3.76. The van der Waals surface area contributed by atoms with Crippen LogP contribution in [-0.2, 0) is 9.59 Å². The first-order chi connectivity index (χ1) is 21.0. The maximum absolute atomic E-state index is 13.5. The molecule has 1 aromatic heterocycles. The number of hydrogen-bond donors (Lipinski definition) is 2. The van der Waals surface area contributed by atoms with Crippen molar-refractivity contribution in [3.05, 3.63) is 137 Å². The van der Waals surface area contributed by atoms with Crippen molar-refractivity contribution in [2.24, 2.45) is 0 Å². The number of fused-ring (bicyclic) bond motifs is 2. The summed E-state index contributed by atoms with van der Waals surface area (Å²) in [6.07, 6.45) is 1.65. The minimum absolute atomic E-state index is 0.0139. The topological polar surface area (TPSA) is 78.5 Å². The molecule has 6 rings (SSSR count). The highest BCUT2D eigenvalue weighted by atomic mass is 32.2. The first kappa shape index (κ1) is 28.5. The first-order valence-electron chi connectivity index (χ1n) is 13.4. The van der Waals surface area contributed by atoms with Crippen molar-refractivity contribution in [2.45, 2.75) is 14.7 Å². The summed E-state index contributed by atoms with van der Waals surface area (Å²) in [6.45, 7) is 0. The van der Waals surface area contributed by atoms with Gasteiger partial charge < -0.3 is 10.6 Å². The molecule has 0 saturated heterocycles. The number of hydrogen-bond acceptors (Lipinski definition) is 6. The van der Waals surface area contributed by atoms with Crippen LogP contribution in [-0.4, -0.2) is 23.5 Å². The van der Waals surface area contributed by atoms with E-state index in [1.807, 2.05) is 83.6 Å². The Bertz CT molecular complexity index is 1760. The van der Waals surface area contributed by atoms with E-state index in [0.29, 0.717) is 11.3 Å². The second-order valence-electron chi connectivity index (χ2n) is 9.47. The van der Waals surface area contributed by atoms with Gasteiger partial charge in [-0.1, -0.05) is 54.2 Å². The molecule has 2 N–H and O–H groups in total. The lowest BCUT2D eigenvalue weighted by Crippen LogP contribution is -2.30. The van der Waals surface area contributed by atoms with E-state index in [1.54, 1.807) is 59.1 Å². The van der Waals surface area contributed by atoms with Gasteiger partial charge in [0, 0.05) is 25.9 Å². The predicted octanol–water partition coefficient (Wildman–Crippen LogP) is 8.08. The van der Waals surface area contributed by atoms with E-state index in [-0.39, 0.29) is 23.3 Å². The maximum atomic E-state index is 13.5. The number of para-hydroxylation sites is 2. The highest BCUT2D eigenvalue weighted by Crippen LogP contribution is 2.48. The molecular formula is C34H25N3O3S3. The third-order valence-electron chi connectivity index (χ3n) is 6.54. The third-order valence-corrected chi connectivity index (χ3v) is 9.37. The number of carbonyl (C=O) groups is 3. The number of nitrogens with one attached hydrogen (secondary N) is 2. The number of carbonyl (C=O) groups excluding carboxylic acids is 3. The van der Waals surface area contributed by atoms with Crippen LogP contribution in [0.2, 0.25) is 0 Å². The SMILES string of the molecule is O=C(Nc1ccc(SCC(=O)N2c3ccccc3Sc3ccccc32)cc1)/C(=C/c1ccsc1)NC(=O)c1ccccc1. The van der Waals surface area contributed by atoms with E-state index >= 15 is 0 Å². The molecular weight excluding hydrogens is 595 g/mol. The van der Waals surface area contributed by atoms with Gasteiger partial charge in [-0.05, 0) is 89.1 Å². The fraction of sp³-hybridized carbons (Fsp3) is 0.0294. The van der Waals surface area contributed by atoms with Crippen LogP contribution < -0.4 is 15.5 Å². The molecule has 0 saturated carbocycles. The first-order valence-corrected chi connectivity index (χ1v) is 16.1. The number of benzene rings is 4. The van der Waals surface area contributed by atoms with Crippen LogP contribution in [0.5, 0.6) is 0 Å². The molecule has 0 radical (unpaired) electrons. The Morgan fingerprint density at radius 1 is 0.767 bits per heavy atom. The molecule has 0 fully saturated rings. The lowest BCUT2D eigenvalue weighted by Gasteiger charge is -2.31. The van der Waals surface area contributed by atoms with Gasteiger partial charge in [0.1, 0.15) is 5.70 Å². The summed E-state index contributed by atoms with van der Waals surface area (Å²) < 4.78 is 0. The normalized spacial score (nSPS) is 12.2. The lowest BCUT2D eigenvalue weighted by molar-refractivity contribution is -0.115. The largest absolute Gasteiger partial charge is 0.321 e. The highest BCUT2D eigenvalue weighted by Gasteiger charge is 2.27. The van der Waals surface area contributed by atoms with Crippen molar-refractivity contribution >= 4 is 75.7 Å². The second-order valence-corrected chi connectivity index (χ2v) is 12.4. The molecule has 5 aromatic rings. The number of thiophene rings is 1. The van der Waals surface area contributed by atoms with E-state index in [9.17, 15) is 14.4 Å². The van der Waals surface area contributed by atoms with Gasteiger partial charge in [-0.2, -0.15) is 11.3 Å². The molecule has 1 aliphatic heterocycles. The van der Waals surface area contributed by atoms with E-state index in [4.69, 9.17) is 0 Å². The number of rotatable bonds is 8. The molecule has 0 aliphatic carbocycles. The van der Waals surface area contributed by atoms with Crippen LogP contribution >= 0.6 is 34.9 Å². The summed E-state index contributed by atoms with van der Waals surface area (Å²) in [5.74, 6) is -0.574. The fourth-order valence-corrected chi connectivity index (χ4v) is 6.91. The van der Waals surface area contributed by atoms with Gasteiger partial charge in [0.25, 0.3) is 11.8 Å². The molecule has 43 heavy (non-hydrogen) atoms. The molecule has 0 unspecified atom stereocenters. The molecule has 0 bridgehead atoms. The number of anilines is 3. The van der Waals surface area contributed by atoms with E-state index in [1.165, 1.54) is 23.1 Å². The average Bonchev–Trinajstić information content (AvgIpc) is 3.56. The predicted molar refractivity (Wildman–Crippen MR) is 176 cm³/mol. The minimum atomic E-state index is -0.439. The van der Waals surface area contributed by atoms with Gasteiger partial charge in [0.05, 0.1) is 17.1 Å². The highest BCUT2D eigenvalue weighted by molar-refractivity contribution is 8.00. The molecule has 0 atom stereocenters. The van der Waals surface area contributed by atoms with Crippen molar-refractivity contribution in [1.29, 1.82) is 0 Å². The Hall–Kier alpha value is -4.57. The second kappa shape index (κ2) is 13.2. The Morgan fingerprint density at radius 2 is 1.42 bits per heavy atom. The van der Waals surface area contributed by atoms with Gasteiger partial charge in [-0.15, -0.1) is 11.8 Å². The van der Waals surface area contributed by atoms with Gasteiger partial charge in [0.2, 0.25) is 5.91 Å². The van der Waals surface area contributed by atoms with Crippen LogP contribution in [0.3, 0.4) is 0 Å². The minimum Gasteiger partial charge on any atom is -0.321 e. The van der Waals surface area contributed by atoms with Gasteiger partial charge >= 0.3 is 0 Å². The average molecular weight is 620 g/mol. The lowest BCUT2D eigenvalue weighted by atomic mass is 10.2. The molecule has 2 heterocycles. The van der Waals surface area contributed by atoms with Crippen molar-refractivity contribution in [3.63, 3.8) is 0 Å². The zero-order valence-corrected chi connectivity index (χ0v) is 25.2. The third kappa shape index (κ3) is 6.75. The summed E-state index contributed by atoms with van der Waals surface area (Å²) in [5, 5.41) is 9.42. The molecule has 212 valence electrons. The molecule has 0 spiro atoms. The van der Waals surface area contributed by atoms with E-state index in [2.05, 4.69) is 10.6 Å². The fourth-order valence-electron chi connectivity index (χ4n) is 4.48. The monoisotopic (exact) mass is 619 g/mol. The zero-order valence-electron chi connectivity index (χ0n) is 22.7. The van der Waals surface area contributed by atoms with E-state index in [0.717, 1.165) is 31.6 Å². The molecule has 9 heteroatoms. The molecule has 1 aliphatic rings. The maximum Gasteiger partial charge on any atom is 0.272 e. The van der Waals surface area contributed by atoms with Crippen LogP contribution in [0.15, 0.2) is 140 Å². The van der Waals surface area contributed by atoms with Crippen molar-refractivity contribution in [2.75, 3.05) is 16.0 Å². The molecule has 4 aromatic carbocycles. The zero-order chi connectivity index (χ0) is 29.6. The quantitative estimate of drug-likeness (QED) is 0.136. The Balaban J connectivity index is 1.12. The number of thioether (sulfide) groups is 1. The van der Waals surface area contributed by atoms with Crippen molar-refractivity contribution < 1.29 is 14.4 Å². The Kier molecular flexibility index (Phi) is 8.74. The Morgan fingerprint density at radius 3 is 2.07 bits per heavy atom. The van der Waals surface area contributed by atoms with Gasteiger partial charge in [-0.25, -0.2) is 0 Å². The number of nitrogens with zero attached hydrogens (tertiary/aromatic N) is 1. The van der Waals surface area contributed by atoms with Crippen LogP contribution in [0.1, 0.15) is 15.9 Å². The van der Waals surface area contributed by atoms with Gasteiger partial charge in [0.15, 0.2) is 0 Å².